The zero-order chi connectivity index (χ0) is 15.2. The molecule has 1 aromatic carbocycles. The topological polar surface area (TPSA) is 39.1 Å². The van der Waals surface area contributed by atoms with E-state index < -0.39 is 0 Å². The lowest BCUT2D eigenvalue weighted by molar-refractivity contribution is 0.477. The maximum atomic E-state index is 6.29. The first kappa shape index (κ1) is 15.9. The Kier molecular flexibility index (Phi) is 5.65. The van der Waals surface area contributed by atoms with E-state index in [-0.39, 0.29) is 0 Å². The lowest BCUT2D eigenvalue weighted by Gasteiger charge is -2.08. The van der Waals surface area contributed by atoms with Crippen molar-refractivity contribution >= 4 is 11.6 Å². The Bertz CT molecular complexity index is 581. The Morgan fingerprint density at radius 3 is 2.76 bits per heavy atom. The van der Waals surface area contributed by atoms with E-state index in [1.165, 1.54) is 0 Å². The number of nitrogens with one attached hydrogen (secondary N) is 1. The average Bonchev–Trinajstić information content (AvgIpc) is 2.90. The van der Waals surface area contributed by atoms with E-state index in [1.54, 1.807) is 6.20 Å². The molecule has 0 saturated heterocycles. The minimum absolute atomic E-state index is 0.318. The number of benzene rings is 1. The molecular weight excluding hydrogens is 286 g/mol. The van der Waals surface area contributed by atoms with Gasteiger partial charge in [0.1, 0.15) is 5.75 Å². The molecule has 5 heteroatoms. The number of hydrogen-bond acceptors (Lipinski definition) is 3. The van der Waals surface area contributed by atoms with Gasteiger partial charge in [-0.25, -0.2) is 0 Å². The molecule has 0 bridgehead atoms. The van der Waals surface area contributed by atoms with Crippen LogP contribution in [0.5, 0.6) is 11.5 Å². The van der Waals surface area contributed by atoms with Gasteiger partial charge in [0.25, 0.3) is 0 Å². The Morgan fingerprint density at radius 2 is 2.14 bits per heavy atom. The number of hydrogen-bond donors (Lipinski definition) is 1. The van der Waals surface area contributed by atoms with Gasteiger partial charge < -0.3 is 10.1 Å². The molecule has 114 valence electrons. The molecule has 2 rings (SSSR count). The van der Waals surface area contributed by atoms with Crippen molar-refractivity contribution < 1.29 is 4.74 Å². The van der Waals surface area contributed by atoms with Crippen molar-refractivity contribution in [2.24, 2.45) is 0 Å². The molecule has 0 saturated carbocycles. The van der Waals surface area contributed by atoms with Crippen molar-refractivity contribution in [2.45, 2.75) is 39.8 Å². The quantitative estimate of drug-likeness (QED) is 0.770. The van der Waals surface area contributed by atoms with Gasteiger partial charge in [-0.2, -0.15) is 5.10 Å². The normalized spacial score (nSPS) is 11.1. The molecule has 0 aliphatic heterocycles. The number of ether oxygens (including phenoxy) is 1. The van der Waals surface area contributed by atoms with E-state index in [0.717, 1.165) is 36.6 Å². The van der Waals surface area contributed by atoms with Gasteiger partial charge in [-0.3, -0.25) is 4.68 Å². The van der Waals surface area contributed by atoms with Crippen LogP contribution in [-0.2, 0) is 6.54 Å². The van der Waals surface area contributed by atoms with E-state index in [2.05, 4.69) is 31.2 Å². The standard InChI is InChI=1S/C16H22ClN3O/c1-4-7-18-9-13-5-6-14(8-16(13)17)21-15-10-19-20(11-15)12(2)3/h5-6,8,10-12,18H,4,7,9H2,1-3H3. The van der Waals surface area contributed by atoms with Gasteiger partial charge in [0.05, 0.1) is 12.4 Å². The lowest BCUT2D eigenvalue weighted by Crippen LogP contribution is -2.13. The second-order valence-corrected chi connectivity index (χ2v) is 5.69. The summed E-state index contributed by atoms with van der Waals surface area (Å²) in [5, 5.41) is 8.30. The zero-order valence-corrected chi connectivity index (χ0v) is 13.5. The highest BCUT2D eigenvalue weighted by atomic mass is 35.5. The second-order valence-electron chi connectivity index (χ2n) is 5.28. The van der Waals surface area contributed by atoms with Crippen molar-refractivity contribution in [3.63, 3.8) is 0 Å². The third kappa shape index (κ3) is 4.48. The van der Waals surface area contributed by atoms with Crippen molar-refractivity contribution in [2.75, 3.05) is 6.54 Å². The molecule has 0 fully saturated rings. The molecule has 0 spiro atoms. The summed E-state index contributed by atoms with van der Waals surface area (Å²) in [4.78, 5) is 0. The summed E-state index contributed by atoms with van der Waals surface area (Å²) < 4.78 is 7.64. The van der Waals surface area contributed by atoms with E-state index >= 15 is 0 Å². The Hall–Kier alpha value is -1.52. The molecule has 0 aliphatic rings. The number of nitrogens with zero attached hydrogens (tertiary/aromatic N) is 2. The Balaban J connectivity index is 2.02. The minimum Gasteiger partial charge on any atom is -0.454 e. The molecule has 0 atom stereocenters. The Labute approximate surface area is 131 Å². The summed E-state index contributed by atoms with van der Waals surface area (Å²) in [5.41, 5.74) is 1.08. The molecule has 1 N–H and O–H groups in total. The Morgan fingerprint density at radius 1 is 1.33 bits per heavy atom. The fraction of sp³-hybridized carbons (Fsp3) is 0.438. The first-order valence-electron chi connectivity index (χ1n) is 7.31. The maximum Gasteiger partial charge on any atom is 0.165 e. The predicted octanol–water partition coefficient (Wildman–Crippen LogP) is 4.41. The molecular formula is C16H22ClN3O. The zero-order valence-electron chi connectivity index (χ0n) is 12.8. The monoisotopic (exact) mass is 307 g/mol. The third-order valence-corrected chi connectivity index (χ3v) is 3.46. The van der Waals surface area contributed by atoms with Gasteiger partial charge in [-0.15, -0.1) is 0 Å². The first-order valence-corrected chi connectivity index (χ1v) is 7.69. The number of aromatic nitrogens is 2. The van der Waals surface area contributed by atoms with Crippen LogP contribution in [0.25, 0.3) is 0 Å². The molecule has 0 unspecified atom stereocenters. The predicted molar refractivity (Wildman–Crippen MR) is 86.1 cm³/mol. The number of halogens is 1. The van der Waals surface area contributed by atoms with Crippen LogP contribution in [0.1, 0.15) is 38.8 Å². The maximum absolute atomic E-state index is 6.29. The van der Waals surface area contributed by atoms with Gasteiger partial charge in [0.15, 0.2) is 5.75 Å². The molecule has 1 aromatic heterocycles. The smallest absolute Gasteiger partial charge is 0.165 e. The molecule has 4 nitrogen and oxygen atoms in total. The minimum atomic E-state index is 0.318. The average molecular weight is 308 g/mol. The largest absolute Gasteiger partial charge is 0.454 e. The van der Waals surface area contributed by atoms with Crippen molar-refractivity contribution in [3.8, 4) is 11.5 Å². The first-order chi connectivity index (χ1) is 10.1. The molecule has 21 heavy (non-hydrogen) atoms. The highest BCUT2D eigenvalue weighted by Gasteiger charge is 2.06. The van der Waals surface area contributed by atoms with Crippen LogP contribution in [-0.4, -0.2) is 16.3 Å². The highest BCUT2D eigenvalue weighted by molar-refractivity contribution is 6.31. The number of rotatable bonds is 7. The van der Waals surface area contributed by atoms with Crippen LogP contribution >= 0.6 is 11.6 Å². The van der Waals surface area contributed by atoms with Crippen molar-refractivity contribution in [1.82, 2.24) is 15.1 Å². The molecule has 0 radical (unpaired) electrons. The van der Waals surface area contributed by atoms with E-state index in [4.69, 9.17) is 16.3 Å². The van der Waals surface area contributed by atoms with Gasteiger partial charge >= 0.3 is 0 Å². The SMILES string of the molecule is CCCNCc1ccc(Oc2cnn(C(C)C)c2)cc1Cl. The fourth-order valence-corrected chi connectivity index (χ4v) is 2.16. The van der Waals surface area contributed by atoms with Crippen LogP contribution in [0.2, 0.25) is 5.02 Å². The molecule has 2 aromatic rings. The summed E-state index contributed by atoms with van der Waals surface area (Å²) in [6.45, 7) is 8.06. The highest BCUT2D eigenvalue weighted by Crippen LogP contribution is 2.27. The second kappa shape index (κ2) is 7.48. The summed E-state index contributed by atoms with van der Waals surface area (Å²) >= 11 is 6.29. The van der Waals surface area contributed by atoms with E-state index in [1.807, 2.05) is 29.1 Å². The van der Waals surface area contributed by atoms with Gasteiger partial charge in [-0.05, 0) is 44.5 Å². The summed E-state index contributed by atoms with van der Waals surface area (Å²) in [5.74, 6) is 1.44. The van der Waals surface area contributed by atoms with Crippen molar-refractivity contribution in [1.29, 1.82) is 0 Å². The van der Waals surface area contributed by atoms with E-state index in [9.17, 15) is 0 Å². The van der Waals surface area contributed by atoms with Crippen LogP contribution in [0, 0.1) is 0 Å². The fourth-order valence-electron chi connectivity index (χ4n) is 1.93. The van der Waals surface area contributed by atoms with Crippen LogP contribution in [0.15, 0.2) is 30.6 Å². The molecule has 1 heterocycles. The lowest BCUT2D eigenvalue weighted by atomic mass is 10.2. The van der Waals surface area contributed by atoms with E-state index in [0.29, 0.717) is 11.1 Å². The molecule has 0 amide bonds. The van der Waals surface area contributed by atoms with Crippen LogP contribution in [0.3, 0.4) is 0 Å². The van der Waals surface area contributed by atoms with Gasteiger partial charge in [-0.1, -0.05) is 24.6 Å². The van der Waals surface area contributed by atoms with Gasteiger partial charge in [0.2, 0.25) is 0 Å². The molecule has 0 aliphatic carbocycles. The summed E-state index contributed by atoms with van der Waals surface area (Å²) in [6.07, 6.45) is 4.71. The van der Waals surface area contributed by atoms with Gasteiger partial charge in [0, 0.05) is 17.6 Å². The third-order valence-electron chi connectivity index (χ3n) is 3.11. The van der Waals surface area contributed by atoms with Crippen molar-refractivity contribution in [3.05, 3.63) is 41.2 Å². The van der Waals surface area contributed by atoms with Crippen LogP contribution < -0.4 is 10.1 Å². The van der Waals surface area contributed by atoms with Crippen LogP contribution in [0.4, 0.5) is 0 Å². The summed E-state index contributed by atoms with van der Waals surface area (Å²) in [7, 11) is 0. The summed E-state index contributed by atoms with van der Waals surface area (Å²) in [6, 6.07) is 6.09.